The van der Waals surface area contributed by atoms with Crippen molar-refractivity contribution in [2.75, 3.05) is 18.6 Å². The van der Waals surface area contributed by atoms with E-state index < -0.39 is 40.8 Å². The van der Waals surface area contributed by atoms with Crippen molar-refractivity contribution < 1.29 is 33.6 Å². The van der Waals surface area contributed by atoms with E-state index in [1.54, 1.807) is 17.5 Å². The Morgan fingerprint density at radius 3 is 2.56 bits per heavy atom. The quantitative estimate of drug-likeness (QED) is 0.155. The van der Waals surface area contributed by atoms with Crippen molar-refractivity contribution in [3.63, 3.8) is 0 Å². The zero-order valence-corrected chi connectivity index (χ0v) is 18.8. The number of carbonyl (C=O) groups excluding carboxylic acids is 4. The Hall–Kier alpha value is -4.09. The van der Waals surface area contributed by atoms with Gasteiger partial charge in [-0.2, -0.15) is 0 Å². The number of nitro benzene ring substituents is 1. The molecule has 0 spiro atoms. The largest absolute Gasteiger partial charge is 0.496 e. The minimum atomic E-state index is -0.937. The summed E-state index contributed by atoms with van der Waals surface area (Å²) < 4.78 is 10.3. The molecule has 0 aliphatic carbocycles. The molecular weight excluding hydrogens is 488 g/mol. The highest BCUT2D eigenvalue weighted by Crippen LogP contribution is 2.40. The molecule has 0 atom stereocenters. The molecule has 3 aromatic rings. The summed E-state index contributed by atoms with van der Waals surface area (Å²) in [5, 5.41) is 12.9. The Morgan fingerprint density at radius 2 is 1.91 bits per heavy atom. The Bertz CT molecular complexity index is 1370. The van der Waals surface area contributed by atoms with Gasteiger partial charge in [0.05, 0.1) is 33.2 Å². The van der Waals surface area contributed by atoms with Crippen molar-refractivity contribution in [1.29, 1.82) is 0 Å². The van der Waals surface area contributed by atoms with Crippen LogP contribution in [0.4, 0.5) is 11.4 Å². The highest BCUT2D eigenvalue weighted by Gasteiger charge is 2.43. The first-order chi connectivity index (χ1) is 16.2. The van der Waals surface area contributed by atoms with Crippen LogP contribution in [0.2, 0.25) is 5.02 Å². The number of methoxy groups -OCH3 is 1. The molecule has 0 unspecified atom stereocenters. The lowest BCUT2D eigenvalue weighted by atomic mass is 10.1. The summed E-state index contributed by atoms with van der Waals surface area (Å²) in [6, 6.07) is 9.30. The maximum atomic E-state index is 13.0. The number of amides is 2. The third-order valence-corrected chi connectivity index (χ3v) is 6.16. The van der Waals surface area contributed by atoms with Crippen molar-refractivity contribution >= 4 is 57.9 Å². The molecule has 34 heavy (non-hydrogen) atoms. The van der Waals surface area contributed by atoms with Crippen LogP contribution < -0.4 is 9.64 Å². The number of imide groups is 1. The van der Waals surface area contributed by atoms with Crippen molar-refractivity contribution in [2.24, 2.45) is 0 Å². The van der Waals surface area contributed by atoms with Crippen LogP contribution in [0.25, 0.3) is 0 Å². The van der Waals surface area contributed by atoms with E-state index in [1.807, 2.05) is 0 Å². The zero-order valence-electron chi connectivity index (χ0n) is 17.3. The van der Waals surface area contributed by atoms with Crippen LogP contribution in [-0.2, 0) is 4.74 Å². The van der Waals surface area contributed by atoms with Gasteiger partial charge < -0.3 is 9.47 Å². The molecule has 0 bridgehead atoms. The molecule has 1 aromatic heterocycles. The van der Waals surface area contributed by atoms with E-state index in [4.69, 9.17) is 21.1 Å². The van der Waals surface area contributed by atoms with Gasteiger partial charge in [-0.3, -0.25) is 24.5 Å². The van der Waals surface area contributed by atoms with Crippen LogP contribution in [-0.4, -0.2) is 42.2 Å². The summed E-state index contributed by atoms with van der Waals surface area (Å²) in [7, 11) is 1.24. The molecule has 2 heterocycles. The first kappa shape index (κ1) is 23.1. The second-order valence-corrected chi connectivity index (χ2v) is 8.24. The minimum absolute atomic E-state index is 0.0842. The van der Waals surface area contributed by atoms with E-state index in [0.717, 1.165) is 12.1 Å². The van der Waals surface area contributed by atoms with Gasteiger partial charge in [0.2, 0.25) is 5.78 Å². The van der Waals surface area contributed by atoms with Crippen molar-refractivity contribution in [3.05, 3.63) is 84.5 Å². The van der Waals surface area contributed by atoms with Gasteiger partial charge in [0.15, 0.2) is 6.61 Å². The lowest BCUT2D eigenvalue weighted by molar-refractivity contribution is -0.385. The number of carbonyl (C=O) groups is 4. The highest BCUT2D eigenvalue weighted by molar-refractivity contribution is 7.12. The van der Waals surface area contributed by atoms with Gasteiger partial charge in [0.1, 0.15) is 16.9 Å². The lowest BCUT2D eigenvalue weighted by Gasteiger charge is -2.18. The zero-order chi connectivity index (χ0) is 24.6. The summed E-state index contributed by atoms with van der Waals surface area (Å²) in [5.41, 5.74) is -1.30. The molecule has 0 saturated heterocycles. The molecule has 0 radical (unpaired) electrons. The summed E-state index contributed by atoms with van der Waals surface area (Å²) >= 11 is 7.50. The number of hydrogen-bond acceptors (Lipinski definition) is 9. The molecule has 0 N–H and O–H groups in total. The maximum absolute atomic E-state index is 13.0. The van der Waals surface area contributed by atoms with Crippen molar-refractivity contribution in [1.82, 2.24) is 0 Å². The summed E-state index contributed by atoms with van der Waals surface area (Å²) in [4.78, 5) is 62.2. The predicted octanol–water partition coefficient (Wildman–Crippen LogP) is 4.16. The lowest BCUT2D eigenvalue weighted by Crippen LogP contribution is -2.30. The summed E-state index contributed by atoms with van der Waals surface area (Å²) in [5.74, 6) is -3.14. The molecule has 4 rings (SSSR count). The molecule has 2 aromatic carbocycles. The Labute approximate surface area is 200 Å². The van der Waals surface area contributed by atoms with Crippen LogP contribution in [0, 0.1) is 10.1 Å². The topological polar surface area (TPSA) is 133 Å². The average molecular weight is 501 g/mol. The number of nitro groups is 1. The third kappa shape index (κ3) is 3.91. The second kappa shape index (κ2) is 9.04. The number of halogens is 1. The van der Waals surface area contributed by atoms with Crippen molar-refractivity contribution in [2.45, 2.75) is 0 Å². The van der Waals surface area contributed by atoms with Gasteiger partial charge in [-0.1, -0.05) is 23.7 Å². The minimum Gasteiger partial charge on any atom is -0.496 e. The Morgan fingerprint density at radius 1 is 1.15 bits per heavy atom. The molecule has 1 aliphatic rings. The van der Waals surface area contributed by atoms with Gasteiger partial charge in [-0.05, 0) is 23.6 Å². The number of thiophene rings is 1. The standard InChI is InChI=1S/C22H13ClN2O8S/c1-32-17-9-15(24-20(27)11-4-2-5-14(25(30)31)19(11)21(24)28)13(23)8-12(17)22(29)33-10-16(26)18-6-3-7-34-18/h2-9H,10H2,1H3. The third-order valence-electron chi connectivity index (χ3n) is 4.95. The average Bonchev–Trinajstić information content (AvgIpc) is 3.45. The molecule has 2 amide bonds. The molecule has 1 aliphatic heterocycles. The normalized spacial score (nSPS) is 12.5. The number of nitrogens with zero attached hydrogens (tertiary/aromatic N) is 2. The number of anilines is 1. The predicted molar refractivity (Wildman–Crippen MR) is 121 cm³/mol. The Balaban J connectivity index is 1.65. The molecule has 0 fully saturated rings. The molecule has 10 nitrogen and oxygen atoms in total. The number of rotatable bonds is 7. The number of hydrogen-bond donors (Lipinski definition) is 0. The molecule has 172 valence electrons. The number of Topliss-reactive ketones (excluding diaryl/α,β-unsaturated/α-hetero) is 1. The van der Waals surface area contributed by atoms with Gasteiger partial charge in [-0.15, -0.1) is 11.3 Å². The van der Waals surface area contributed by atoms with E-state index >= 15 is 0 Å². The SMILES string of the molecule is COc1cc(N2C(=O)c3cccc([N+](=O)[O-])c3C2=O)c(Cl)cc1C(=O)OCC(=O)c1cccs1. The molecular formula is C22H13ClN2O8S. The smallest absolute Gasteiger partial charge is 0.342 e. The van der Waals surface area contributed by atoms with Crippen LogP contribution in [0.1, 0.15) is 40.7 Å². The van der Waals surface area contributed by atoms with E-state index in [1.165, 1.54) is 36.6 Å². The number of ketones is 1. The van der Waals surface area contributed by atoms with Crippen LogP contribution in [0.15, 0.2) is 47.8 Å². The number of benzene rings is 2. The fourth-order valence-corrected chi connectivity index (χ4v) is 4.30. The van der Waals surface area contributed by atoms with E-state index in [-0.39, 0.29) is 33.1 Å². The first-order valence-corrected chi connectivity index (χ1v) is 10.8. The molecule has 12 heteroatoms. The number of fused-ring (bicyclic) bond motifs is 1. The summed E-state index contributed by atoms with van der Waals surface area (Å²) in [6.07, 6.45) is 0. The Kier molecular flexibility index (Phi) is 6.14. The number of esters is 1. The van der Waals surface area contributed by atoms with Crippen LogP contribution in [0.5, 0.6) is 5.75 Å². The van der Waals surface area contributed by atoms with E-state index in [2.05, 4.69) is 0 Å². The monoisotopic (exact) mass is 500 g/mol. The van der Waals surface area contributed by atoms with E-state index in [0.29, 0.717) is 9.78 Å². The van der Waals surface area contributed by atoms with E-state index in [9.17, 15) is 29.3 Å². The van der Waals surface area contributed by atoms with Gasteiger partial charge in [-0.25, -0.2) is 9.69 Å². The van der Waals surface area contributed by atoms with Gasteiger partial charge in [0.25, 0.3) is 17.5 Å². The summed E-state index contributed by atoms with van der Waals surface area (Å²) in [6.45, 7) is -0.510. The molecule has 0 saturated carbocycles. The number of ether oxygens (including phenoxy) is 2. The first-order valence-electron chi connectivity index (χ1n) is 9.52. The fourth-order valence-electron chi connectivity index (χ4n) is 3.40. The van der Waals surface area contributed by atoms with Gasteiger partial charge in [0, 0.05) is 12.1 Å². The van der Waals surface area contributed by atoms with Crippen LogP contribution >= 0.6 is 22.9 Å². The maximum Gasteiger partial charge on any atom is 0.342 e. The van der Waals surface area contributed by atoms with Crippen LogP contribution in [0.3, 0.4) is 0 Å². The van der Waals surface area contributed by atoms with Gasteiger partial charge >= 0.3 is 5.97 Å². The highest BCUT2D eigenvalue weighted by atomic mass is 35.5. The fraction of sp³-hybridized carbons (Fsp3) is 0.0909. The van der Waals surface area contributed by atoms with Crippen molar-refractivity contribution in [3.8, 4) is 5.75 Å². The second-order valence-electron chi connectivity index (χ2n) is 6.88.